The summed E-state index contributed by atoms with van der Waals surface area (Å²) in [6, 6.07) is 14.6. The van der Waals surface area contributed by atoms with Gasteiger partial charge >= 0.3 is 0 Å². The van der Waals surface area contributed by atoms with E-state index < -0.39 is 0 Å². The maximum absolute atomic E-state index is 5.34. The third-order valence-corrected chi connectivity index (χ3v) is 3.65. The molecule has 0 saturated carbocycles. The fourth-order valence-electron chi connectivity index (χ4n) is 2.65. The molecule has 1 aromatic heterocycles. The first-order valence-corrected chi connectivity index (χ1v) is 6.98. The standard InChI is InChI=1S/C18H18N2O/c1-19-11-14-10-15(21-2)6-7-16(14)18-5-3-4-13-12-20-9-8-17(13)18/h3-10,12,19H,11H2,1-2H3. The Morgan fingerprint density at radius 2 is 2.00 bits per heavy atom. The van der Waals surface area contributed by atoms with E-state index >= 15 is 0 Å². The largest absolute Gasteiger partial charge is 0.497 e. The van der Waals surface area contributed by atoms with Crippen LogP contribution in [0.1, 0.15) is 5.56 Å². The zero-order chi connectivity index (χ0) is 14.7. The normalized spacial score (nSPS) is 10.8. The molecule has 21 heavy (non-hydrogen) atoms. The van der Waals surface area contributed by atoms with Gasteiger partial charge in [0.25, 0.3) is 0 Å². The predicted octanol–water partition coefficient (Wildman–Crippen LogP) is 3.63. The third-order valence-electron chi connectivity index (χ3n) is 3.65. The molecule has 106 valence electrons. The molecule has 0 unspecified atom stereocenters. The van der Waals surface area contributed by atoms with Crippen molar-refractivity contribution in [3.63, 3.8) is 0 Å². The van der Waals surface area contributed by atoms with Gasteiger partial charge in [0.1, 0.15) is 5.75 Å². The van der Waals surface area contributed by atoms with Crippen molar-refractivity contribution in [2.24, 2.45) is 0 Å². The van der Waals surface area contributed by atoms with Gasteiger partial charge in [0.2, 0.25) is 0 Å². The number of hydrogen-bond donors (Lipinski definition) is 1. The van der Waals surface area contributed by atoms with Crippen LogP contribution in [-0.2, 0) is 6.54 Å². The molecule has 1 heterocycles. The third kappa shape index (κ3) is 2.60. The van der Waals surface area contributed by atoms with Crippen molar-refractivity contribution in [2.45, 2.75) is 6.54 Å². The second-order valence-electron chi connectivity index (χ2n) is 4.96. The average molecular weight is 278 g/mol. The molecule has 0 fully saturated rings. The van der Waals surface area contributed by atoms with E-state index in [1.807, 2.05) is 25.5 Å². The lowest BCUT2D eigenvalue weighted by Gasteiger charge is -2.13. The van der Waals surface area contributed by atoms with Gasteiger partial charge < -0.3 is 10.1 Å². The van der Waals surface area contributed by atoms with Crippen molar-refractivity contribution in [2.75, 3.05) is 14.2 Å². The van der Waals surface area contributed by atoms with Crippen molar-refractivity contribution in [1.82, 2.24) is 10.3 Å². The van der Waals surface area contributed by atoms with Crippen molar-refractivity contribution in [3.8, 4) is 16.9 Å². The molecule has 0 saturated heterocycles. The van der Waals surface area contributed by atoms with Gasteiger partial charge in [0, 0.05) is 24.3 Å². The van der Waals surface area contributed by atoms with Gasteiger partial charge in [-0.05, 0) is 47.3 Å². The smallest absolute Gasteiger partial charge is 0.119 e. The van der Waals surface area contributed by atoms with Crippen LogP contribution >= 0.6 is 0 Å². The Morgan fingerprint density at radius 3 is 2.81 bits per heavy atom. The molecule has 0 spiro atoms. The zero-order valence-electron chi connectivity index (χ0n) is 12.3. The Kier molecular flexibility index (Phi) is 3.84. The highest BCUT2D eigenvalue weighted by molar-refractivity contribution is 5.96. The topological polar surface area (TPSA) is 34.1 Å². The Hall–Kier alpha value is -2.39. The quantitative estimate of drug-likeness (QED) is 0.791. The summed E-state index contributed by atoms with van der Waals surface area (Å²) >= 11 is 0. The van der Waals surface area contributed by atoms with Crippen LogP contribution in [0.4, 0.5) is 0 Å². The summed E-state index contributed by atoms with van der Waals surface area (Å²) in [6.07, 6.45) is 3.74. The molecular formula is C18H18N2O. The lowest BCUT2D eigenvalue weighted by molar-refractivity contribution is 0.414. The molecule has 3 heteroatoms. The number of rotatable bonds is 4. The van der Waals surface area contributed by atoms with E-state index in [1.165, 1.54) is 22.1 Å². The lowest BCUT2D eigenvalue weighted by Crippen LogP contribution is -2.06. The minimum atomic E-state index is 0.800. The first-order valence-electron chi connectivity index (χ1n) is 6.98. The molecule has 1 N–H and O–H groups in total. The summed E-state index contributed by atoms with van der Waals surface area (Å²) in [5.41, 5.74) is 3.67. The van der Waals surface area contributed by atoms with E-state index in [0.29, 0.717) is 0 Å². The van der Waals surface area contributed by atoms with E-state index in [4.69, 9.17) is 4.74 Å². The van der Waals surface area contributed by atoms with Gasteiger partial charge in [0.15, 0.2) is 0 Å². The second-order valence-corrected chi connectivity index (χ2v) is 4.96. The zero-order valence-corrected chi connectivity index (χ0v) is 12.3. The van der Waals surface area contributed by atoms with E-state index in [0.717, 1.165) is 17.7 Å². The number of nitrogens with zero attached hydrogens (tertiary/aromatic N) is 1. The molecule has 0 aliphatic heterocycles. The van der Waals surface area contributed by atoms with Crippen LogP contribution in [0.15, 0.2) is 54.9 Å². The summed E-state index contributed by atoms with van der Waals surface area (Å²) in [4.78, 5) is 4.20. The van der Waals surface area contributed by atoms with Crippen LogP contribution in [-0.4, -0.2) is 19.1 Å². The van der Waals surface area contributed by atoms with Gasteiger partial charge in [-0.1, -0.05) is 24.3 Å². The first-order chi connectivity index (χ1) is 10.3. The molecule has 0 aliphatic rings. The Balaban J connectivity index is 2.22. The highest BCUT2D eigenvalue weighted by Crippen LogP contribution is 2.32. The minimum Gasteiger partial charge on any atom is -0.497 e. The molecule has 3 nitrogen and oxygen atoms in total. The minimum absolute atomic E-state index is 0.800. The van der Waals surface area contributed by atoms with E-state index in [1.54, 1.807) is 7.11 Å². The van der Waals surface area contributed by atoms with E-state index in [-0.39, 0.29) is 0 Å². The molecule has 0 atom stereocenters. The van der Waals surface area contributed by atoms with Crippen LogP contribution in [0.3, 0.4) is 0 Å². The highest BCUT2D eigenvalue weighted by atomic mass is 16.5. The monoisotopic (exact) mass is 278 g/mol. The van der Waals surface area contributed by atoms with Crippen molar-refractivity contribution in [1.29, 1.82) is 0 Å². The number of hydrogen-bond acceptors (Lipinski definition) is 3. The van der Waals surface area contributed by atoms with Crippen LogP contribution in [0.5, 0.6) is 5.75 Å². The molecule has 0 amide bonds. The Bertz CT molecular complexity index is 763. The van der Waals surface area contributed by atoms with Crippen molar-refractivity contribution < 1.29 is 4.74 Å². The van der Waals surface area contributed by atoms with Crippen LogP contribution in [0.2, 0.25) is 0 Å². The molecule has 2 aromatic carbocycles. The van der Waals surface area contributed by atoms with Gasteiger partial charge in [0.05, 0.1) is 7.11 Å². The number of pyridine rings is 1. The van der Waals surface area contributed by atoms with Crippen LogP contribution in [0, 0.1) is 0 Å². The van der Waals surface area contributed by atoms with Crippen LogP contribution < -0.4 is 10.1 Å². The number of ether oxygens (including phenoxy) is 1. The van der Waals surface area contributed by atoms with Gasteiger partial charge in [-0.3, -0.25) is 4.98 Å². The summed E-state index contributed by atoms with van der Waals surface area (Å²) in [5.74, 6) is 0.880. The molecule has 0 bridgehead atoms. The van der Waals surface area contributed by atoms with Gasteiger partial charge in [-0.25, -0.2) is 0 Å². The fourth-order valence-corrected chi connectivity index (χ4v) is 2.65. The van der Waals surface area contributed by atoms with Crippen molar-refractivity contribution in [3.05, 3.63) is 60.4 Å². The summed E-state index contributed by atoms with van der Waals surface area (Å²) in [5, 5.41) is 5.60. The number of aromatic nitrogens is 1. The molecule has 3 aromatic rings. The Morgan fingerprint density at radius 1 is 1.10 bits per heavy atom. The van der Waals surface area contributed by atoms with Crippen LogP contribution in [0.25, 0.3) is 21.9 Å². The lowest BCUT2D eigenvalue weighted by atomic mass is 9.95. The number of methoxy groups -OCH3 is 1. The molecule has 3 rings (SSSR count). The van der Waals surface area contributed by atoms with E-state index in [2.05, 4.69) is 46.7 Å². The number of fused-ring (bicyclic) bond motifs is 1. The molecule has 0 radical (unpaired) electrons. The average Bonchev–Trinajstić information content (AvgIpc) is 2.55. The summed E-state index contributed by atoms with van der Waals surface area (Å²) in [7, 11) is 3.65. The van der Waals surface area contributed by atoms with Crippen molar-refractivity contribution >= 4 is 10.8 Å². The second kappa shape index (κ2) is 5.94. The van der Waals surface area contributed by atoms with Gasteiger partial charge in [-0.15, -0.1) is 0 Å². The van der Waals surface area contributed by atoms with E-state index in [9.17, 15) is 0 Å². The molecule has 0 aliphatic carbocycles. The Labute approximate surface area is 124 Å². The summed E-state index contributed by atoms with van der Waals surface area (Å²) in [6.45, 7) is 0.800. The molecular weight excluding hydrogens is 260 g/mol. The summed E-state index contributed by atoms with van der Waals surface area (Å²) < 4.78 is 5.34. The van der Waals surface area contributed by atoms with Gasteiger partial charge in [-0.2, -0.15) is 0 Å². The maximum Gasteiger partial charge on any atom is 0.119 e. The number of benzene rings is 2. The number of nitrogens with one attached hydrogen (secondary N) is 1. The highest BCUT2D eigenvalue weighted by Gasteiger charge is 2.09. The predicted molar refractivity (Wildman–Crippen MR) is 86.5 cm³/mol. The first kappa shape index (κ1) is 13.6. The SMILES string of the molecule is CNCc1cc(OC)ccc1-c1cccc2cnccc12. The fraction of sp³-hybridized carbons (Fsp3) is 0.167. The maximum atomic E-state index is 5.34.